The number of aliphatic hydroxyl groups is 1. The first-order valence-electron chi connectivity index (χ1n) is 11.7. The number of rotatable bonds is 16. The number of carbonyl (C=O) groups is 5. The van der Waals surface area contributed by atoms with Gasteiger partial charge in [-0.15, -0.1) is 0 Å². The summed E-state index contributed by atoms with van der Waals surface area (Å²) in [6, 6.07) is 3.17. The Balaban J connectivity index is 3.03. The van der Waals surface area contributed by atoms with Crippen LogP contribution in [-0.4, -0.2) is 87.8 Å². The van der Waals surface area contributed by atoms with E-state index in [9.17, 15) is 39.3 Å². The molecule has 0 bridgehead atoms. The van der Waals surface area contributed by atoms with Gasteiger partial charge in [0, 0.05) is 6.54 Å². The maximum Gasteiger partial charge on any atom is 0.328 e. The lowest BCUT2D eigenvalue weighted by molar-refractivity contribution is -0.146. The van der Waals surface area contributed by atoms with E-state index in [0.717, 1.165) is 12.5 Å². The van der Waals surface area contributed by atoms with E-state index in [1.54, 1.807) is 30.3 Å². The number of nitrogens with zero attached hydrogens (tertiary/aromatic N) is 1. The largest absolute Gasteiger partial charge is 0.481 e. The Morgan fingerprint density at radius 2 is 1.50 bits per heavy atom. The van der Waals surface area contributed by atoms with Gasteiger partial charge in [0.15, 0.2) is 12.0 Å². The van der Waals surface area contributed by atoms with Crippen molar-refractivity contribution in [3.05, 3.63) is 35.9 Å². The van der Waals surface area contributed by atoms with E-state index < -0.39 is 66.4 Å². The van der Waals surface area contributed by atoms with Gasteiger partial charge in [-0.05, 0) is 31.7 Å². The third-order valence-corrected chi connectivity index (χ3v) is 5.27. The molecule has 0 spiro atoms. The maximum atomic E-state index is 13.0. The molecule has 15 nitrogen and oxygen atoms in total. The summed E-state index contributed by atoms with van der Waals surface area (Å²) >= 11 is 0. The summed E-state index contributed by atoms with van der Waals surface area (Å²) in [5.41, 5.74) is 17.4. The van der Waals surface area contributed by atoms with Gasteiger partial charge >= 0.3 is 11.9 Å². The minimum absolute atomic E-state index is 0.000748. The summed E-state index contributed by atoms with van der Waals surface area (Å²) in [5, 5.41) is 34.7. The smallest absolute Gasteiger partial charge is 0.328 e. The van der Waals surface area contributed by atoms with Crippen molar-refractivity contribution >= 4 is 35.6 Å². The summed E-state index contributed by atoms with van der Waals surface area (Å²) in [5.74, 6) is -5.95. The molecule has 0 fully saturated rings. The fourth-order valence-corrected chi connectivity index (χ4v) is 3.31. The summed E-state index contributed by atoms with van der Waals surface area (Å²) in [7, 11) is 0. The molecule has 0 aliphatic carbocycles. The molecule has 210 valence electrons. The van der Waals surface area contributed by atoms with Crippen LogP contribution in [0.25, 0.3) is 0 Å². The normalized spacial score (nSPS) is 14.6. The number of hydrogen-bond donors (Lipinski definition) is 9. The van der Waals surface area contributed by atoms with E-state index in [0.29, 0.717) is 0 Å². The first kappa shape index (κ1) is 31.8. The highest BCUT2D eigenvalue weighted by Crippen LogP contribution is 2.06. The van der Waals surface area contributed by atoms with Crippen LogP contribution in [0.4, 0.5) is 0 Å². The van der Waals surface area contributed by atoms with E-state index in [-0.39, 0.29) is 31.8 Å². The highest BCUT2D eigenvalue weighted by atomic mass is 16.4. The number of aliphatic hydroxyl groups excluding tert-OH is 1. The highest BCUT2D eigenvalue weighted by molar-refractivity contribution is 5.95. The van der Waals surface area contributed by atoms with E-state index >= 15 is 0 Å². The molecule has 0 aromatic heterocycles. The number of benzene rings is 1. The second-order valence-electron chi connectivity index (χ2n) is 8.53. The number of guanidine groups is 1. The zero-order valence-electron chi connectivity index (χ0n) is 20.9. The van der Waals surface area contributed by atoms with Crippen molar-refractivity contribution in [2.45, 2.75) is 62.9 Å². The molecule has 1 rings (SSSR count). The highest BCUT2D eigenvalue weighted by Gasteiger charge is 2.33. The van der Waals surface area contributed by atoms with Crippen LogP contribution in [0.5, 0.6) is 0 Å². The monoisotopic (exact) mass is 537 g/mol. The van der Waals surface area contributed by atoms with Crippen molar-refractivity contribution < 1.29 is 39.3 Å². The van der Waals surface area contributed by atoms with Gasteiger partial charge in [0.25, 0.3) is 0 Å². The summed E-state index contributed by atoms with van der Waals surface area (Å²) < 4.78 is 0. The number of hydrogen-bond acceptors (Lipinski definition) is 8. The van der Waals surface area contributed by atoms with E-state index in [2.05, 4.69) is 15.6 Å². The minimum Gasteiger partial charge on any atom is -0.481 e. The van der Waals surface area contributed by atoms with Gasteiger partial charge in [0.1, 0.15) is 12.1 Å². The Labute approximate surface area is 218 Å². The molecule has 38 heavy (non-hydrogen) atoms. The maximum absolute atomic E-state index is 13.0. The first-order chi connectivity index (χ1) is 17.8. The number of carboxylic acids is 2. The van der Waals surface area contributed by atoms with Crippen LogP contribution < -0.4 is 33.2 Å². The molecule has 12 N–H and O–H groups in total. The average molecular weight is 538 g/mol. The third-order valence-electron chi connectivity index (χ3n) is 5.27. The van der Waals surface area contributed by atoms with Crippen LogP contribution >= 0.6 is 0 Å². The number of carbonyl (C=O) groups excluding carboxylic acids is 3. The third kappa shape index (κ3) is 11.7. The SMILES string of the molecule is CC(O)C(NC(=O)C(CC(=O)O)NC(=O)C(CCCN=C(N)N)NC(=O)C(N)Cc1ccccc1)C(=O)O. The van der Waals surface area contributed by atoms with Crippen LogP contribution in [0, 0.1) is 0 Å². The lowest BCUT2D eigenvalue weighted by Crippen LogP contribution is -2.58. The Hall–Kier alpha value is -4.24. The van der Waals surface area contributed by atoms with Gasteiger partial charge in [-0.3, -0.25) is 24.2 Å². The molecule has 0 heterocycles. The Morgan fingerprint density at radius 3 is 2.03 bits per heavy atom. The van der Waals surface area contributed by atoms with Crippen molar-refractivity contribution in [2.24, 2.45) is 22.2 Å². The molecule has 0 saturated heterocycles. The molecule has 3 amide bonds. The fourth-order valence-electron chi connectivity index (χ4n) is 3.31. The Morgan fingerprint density at radius 1 is 0.921 bits per heavy atom. The van der Waals surface area contributed by atoms with Crippen molar-refractivity contribution in [3.63, 3.8) is 0 Å². The Bertz CT molecular complexity index is 999. The van der Waals surface area contributed by atoms with E-state index in [1.165, 1.54) is 0 Å². The molecule has 0 aliphatic heterocycles. The number of aliphatic carboxylic acids is 2. The van der Waals surface area contributed by atoms with Gasteiger partial charge in [-0.2, -0.15) is 0 Å². The van der Waals surface area contributed by atoms with E-state index in [4.69, 9.17) is 17.2 Å². The molecule has 0 saturated carbocycles. The predicted molar refractivity (Wildman–Crippen MR) is 135 cm³/mol. The molecular weight excluding hydrogens is 502 g/mol. The molecule has 0 radical (unpaired) electrons. The summed E-state index contributed by atoms with van der Waals surface area (Å²) in [6.45, 7) is 1.23. The van der Waals surface area contributed by atoms with E-state index in [1.807, 2.05) is 5.32 Å². The van der Waals surface area contributed by atoms with Crippen LogP contribution in [-0.2, 0) is 30.4 Å². The second kappa shape index (κ2) is 15.8. The second-order valence-corrected chi connectivity index (χ2v) is 8.53. The first-order valence-corrected chi connectivity index (χ1v) is 11.7. The van der Waals surface area contributed by atoms with Gasteiger partial charge in [0.2, 0.25) is 17.7 Å². The predicted octanol–water partition coefficient (Wildman–Crippen LogP) is -3.00. The number of amides is 3. The van der Waals surface area contributed by atoms with Crippen LogP contribution in [0.2, 0.25) is 0 Å². The van der Waals surface area contributed by atoms with Crippen LogP contribution in [0.15, 0.2) is 35.3 Å². The molecule has 5 atom stereocenters. The van der Waals surface area contributed by atoms with Crippen molar-refractivity contribution in [3.8, 4) is 0 Å². The van der Waals surface area contributed by atoms with Gasteiger partial charge in [0.05, 0.1) is 18.6 Å². The quantitative estimate of drug-likeness (QED) is 0.0582. The van der Waals surface area contributed by atoms with Crippen molar-refractivity contribution in [1.29, 1.82) is 0 Å². The molecule has 1 aromatic rings. The number of carboxylic acid groups (broad SMARTS) is 2. The lowest BCUT2D eigenvalue weighted by Gasteiger charge is -2.25. The fraction of sp³-hybridized carbons (Fsp3) is 0.478. The number of nitrogens with two attached hydrogens (primary N) is 3. The van der Waals surface area contributed by atoms with Crippen LogP contribution in [0.1, 0.15) is 31.7 Å². The number of aliphatic imine (C=N–C) groups is 1. The molecule has 15 heteroatoms. The van der Waals surface area contributed by atoms with Crippen molar-refractivity contribution in [1.82, 2.24) is 16.0 Å². The average Bonchev–Trinajstić information content (AvgIpc) is 2.83. The molecule has 0 aliphatic rings. The molecule has 1 aromatic carbocycles. The van der Waals surface area contributed by atoms with Gasteiger partial charge in [-0.1, -0.05) is 30.3 Å². The molecule has 5 unspecified atom stereocenters. The number of nitrogens with one attached hydrogen (secondary N) is 3. The zero-order chi connectivity index (χ0) is 28.8. The Kier molecular flexibility index (Phi) is 13.2. The lowest BCUT2D eigenvalue weighted by atomic mass is 10.0. The standard InChI is InChI=1S/C23H35N7O8/c1-12(31)18(22(37)38)30-21(36)16(11-17(32)33)29-20(35)15(8-5-9-27-23(25)26)28-19(34)14(24)10-13-6-3-2-4-7-13/h2-4,6-7,12,14-16,18,31H,5,8-11,24H2,1H3,(H,28,34)(H,29,35)(H,30,36)(H,32,33)(H,37,38)(H4,25,26,27). The van der Waals surface area contributed by atoms with Crippen molar-refractivity contribution in [2.75, 3.05) is 6.54 Å². The topological polar surface area (TPSA) is 273 Å². The minimum atomic E-state index is -1.75. The zero-order valence-corrected chi connectivity index (χ0v) is 20.9. The van der Waals surface area contributed by atoms with Gasteiger partial charge < -0.3 is 48.5 Å². The van der Waals surface area contributed by atoms with Crippen LogP contribution in [0.3, 0.4) is 0 Å². The summed E-state index contributed by atoms with van der Waals surface area (Å²) in [6.07, 6.45) is -2.00. The summed E-state index contributed by atoms with van der Waals surface area (Å²) in [4.78, 5) is 64.8. The molecular formula is C23H35N7O8. The van der Waals surface area contributed by atoms with Gasteiger partial charge in [-0.25, -0.2) is 4.79 Å².